The van der Waals surface area contributed by atoms with Gasteiger partial charge in [0.25, 0.3) is 0 Å². The van der Waals surface area contributed by atoms with Crippen molar-refractivity contribution < 1.29 is 9.18 Å². The highest BCUT2D eigenvalue weighted by Gasteiger charge is 2.07. The number of unbranched alkanes of at least 4 members (excludes halogenated alkanes) is 1. The molecule has 4 heteroatoms. The van der Waals surface area contributed by atoms with E-state index in [4.69, 9.17) is 11.6 Å². The molecule has 0 spiro atoms. The quantitative estimate of drug-likeness (QED) is 0.685. The van der Waals surface area contributed by atoms with Crippen molar-refractivity contribution in [1.29, 1.82) is 0 Å². The molecule has 1 unspecified atom stereocenters. The van der Waals surface area contributed by atoms with Crippen molar-refractivity contribution in [3.63, 3.8) is 0 Å². The first-order valence-corrected chi connectivity index (χ1v) is 7.86. The van der Waals surface area contributed by atoms with Gasteiger partial charge >= 0.3 is 0 Å². The Kier molecular flexibility index (Phi) is 8.06. The predicted molar refractivity (Wildman–Crippen MR) is 86.8 cm³/mol. The molecule has 21 heavy (non-hydrogen) atoms. The first kappa shape index (κ1) is 17.7. The largest absolute Gasteiger partial charge is 0.352 e. The van der Waals surface area contributed by atoms with Gasteiger partial charge in [0, 0.05) is 18.2 Å². The van der Waals surface area contributed by atoms with E-state index < -0.39 is 5.82 Å². The Morgan fingerprint density at radius 2 is 2.19 bits per heavy atom. The number of nitrogens with one attached hydrogen (secondary N) is 1. The summed E-state index contributed by atoms with van der Waals surface area (Å²) in [5.74, 6) is -0.149. The number of amides is 1. The maximum atomic E-state index is 13.5. The van der Waals surface area contributed by atoms with Crippen molar-refractivity contribution >= 4 is 23.6 Å². The highest BCUT2D eigenvalue weighted by molar-refractivity contribution is 6.32. The molecule has 0 aliphatic rings. The average Bonchev–Trinajstić information content (AvgIpc) is 2.47. The van der Waals surface area contributed by atoms with Gasteiger partial charge in [-0.1, -0.05) is 50.8 Å². The molecule has 1 amide bonds. The van der Waals surface area contributed by atoms with E-state index in [0.29, 0.717) is 17.5 Å². The number of hydrogen-bond donors (Lipinski definition) is 1. The molecule has 0 fully saturated rings. The van der Waals surface area contributed by atoms with Gasteiger partial charge in [-0.3, -0.25) is 4.79 Å². The van der Waals surface area contributed by atoms with Crippen LogP contribution in [-0.2, 0) is 4.79 Å². The fourth-order valence-corrected chi connectivity index (χ4v) is 2.30. The van der Waals surface area contributed by atoms with Gasteiger partial charge in [-0.25, -0.2) is 4.39 Å². The Morgan fingerprint density at radius 3 is 2.81 bits per heavy atom. The van der Waals surface area contributed by atoms with E-state index >= 15 is 0 Å². The van der Waals surface area contributed by atoms with Crippen LogP contribution in [0.4, 0.5) is 4.39 Å². The average molecular weight is 312 g/mol. The van der Waals surface area contributed by atoms with Gasteiger partial charge in [0.2, 0.25) is 5.91 Å². The molecule has 0 bridgehead atoms. The molecule has 1 aromatic carbocycles. The Hall–Kier alpha value is -1.35. The highest BCUT2D eigenvalue weighted by Crippen LogP contribution is 2.20. The van der Waals surface area contributed by atoms with Gasteiger partial charge in [0.05, 0.1) is 5.02 Å². The first-order valence-electron chi connectivity index (χ1n) is 7.48. The molecule has 2 nitrogen and oxygen atoms in total. The standard InChI is InChI=1S/C17H23ClFNO/c1-3-5-7-13(4-2)12-20-17(21)11-10-14-15(18)8-6-9-16(14)19/h6,8-11,13H,3-5,7,12H2,1-2H3,(H,20,21)/b11-10+. The minimum absolute atomic E-state index is 0.218. The van der Waals surface area contributed by atoms with Crippen LogP contribution in [0.1, 0.15) is 45.1 Å². The van der Waals surface area contributed by atoms with Crippen molar-refractivity contribution in [2.75, 3.05) is 6.54 Å². The minimum Gasteiger partial charge on any atom is -0.352 e. The molecule has 0 saturated heterocycles. The zero-order valence-corrected chi connectivity index (χ0v) is 13.4. The number of carbonyl (C=O) groups is 1. The van der Waals surface area contributed by atoms with E-state index in [1.807, 2.05) is 0 Å². The maximum Gasteiger partial charge on any atom is 0.244 e. The molecular formula is C17H23ClFNO. The summed E-state index contributed by atoms with van der Waals surface area (Å²) in [6.45, 7) is 4.94. The van der Waals surface area contributed by atoms with Crippen LogP contribution in [-0.4, -0.2) is 12.5 Å². The number of carbonyl (C=O) groups excluding carboxylic acids is 1. The van der Waals surface area contributed by atoms with Crippen molar-refractivity contribution in [3.05, 3.63) is 40.7 Å². The predicted octanol–water partition coefficient (Wildman–Crippen LogP) is 4.82. The molecule has 0 saturated carbocycles. The monoisotopic (exact) mass is 311 g/mol. The van der Waals surface area contributed by atoms with Crippen LogP contribution in [0.2, 0.25) is 5.02 Å². The minimum atomic E-state index is -0.430. The summed E-state index contributed by atoms with van der Waals surface area (Å²) in [6.07, 6.45) is 7.25. The fourth-order valence-electron chi connectivity index (χ4n) is 2.08. The van der Waals surface area contributed by atoms with E-state index in [9.17, 15) is 9.18 Å². The molecule has 1 rings (SSSR count). The SMILES string of the molecule is CCCCC(CC)CNC(=O)/C=C/c1c(F)cccc1Cl. The second-order valence-electron chi connectivity index (χ2n) is 5.13. The Labute approximate surface area is 131 Å². The van der Waals surface area contributed by atoms with Crippen LogP contribution >= 0.6 is 11.6 Å². The summed E-state index contributed by atoms with van der Waals surface area (Å²) in [5, 5.41) is 3.16. The topological polar surface area (TPSA) is 29.1 Å². The van der Waals surface area contributed by atoms with Gasteiger partial charge in [-0.05, 0) is 30.5 Å². The Morgan fingerprint density at radius 1 is 1.43 bits per heavy atom. The van der Waals surface area contributed by atoms with E-state index in [0.717, 1.165) is 19.3 Å². The summed E-state index contributed by atoms with van der Waals surface area (Å²) < 4.78 is 13.5. The normalized spacial score (nSPS) is 12.6. The molecule has 0 radical (unpaired) electrons. The van der Waals surface area contributed by atoms with Crippen LogP contribution in [0, 0.1) is 11.7 Å². The van der Waals surface area contributed by atoms with Crippen molar-refractivity contribution in [2.24, 2.45) is 5.92 Å². The molecule has 1 atom stereocenters. The summed E-state index contributed by atoms with van der Waals surface area (Å²) in [5.41, 5.74) is 0.243. The third-order valence-electron chi connectivity index (χ3n) is 3.51. The maximum absolute atomic E-state index is 13.5. The number of rotatable bonds is 8. The van der Waals surface area contributed by atoms with Gasteiger partial charge in [0.1, 0.15) is 5.82 Å². The van der Waals surface area contributed by atoms with Crippen LogP contribution < -0.4 is 5.32 Å². The van der Waals surface area contributed by atoms with Crippen LogP contribution in [0.5, 0.6) is 0 Å². The van der Waals surface area contributed by atoms with Gasteiger partial charge < -0.3 is 5.32 Å². The number of benzene rings is 1. The zero-order chi connectivity index (χ0) is 15.7. The third-order valence-corrected chi connectivity index (χ3v) is 3.84. The van der Waals surface area contributed by atoms with Gasteiger partial charge in [0.15, 0.2) is 0 Å². The smallest absolute Gasteiger partial charge is 0.244 e. The highest BCUT2D eigenvalue weighted by atomic mass is 35.5. The van der Waals surface area contributed by atoms with Crippen molar-refractivity contribution in [2.45, 2.75) is 39.5 Å². The lowest BCUT2D eigenvalue weighted by Gasteiger charge is -2.14. The molecule has 116 valence electrons. The first-order chi connectivity index (χ1) is 10.1. The molecule has 0 aliphatic carbocycles. The Balaban J connectivity index is 2.51. The number of halogens is 2. The van der Waals surface area contributed by atoms with E-state index in [2.05, 4.69) is 19.2 Å². The summed E-state index contributed by atoms with van der Waals surface area (Å²) in [7, 11) is 0. The fraction of sp³-hybridized carbons (Fsp3) is 0.471. The van der Waals surface area contributed by atoms with Gasteiger partial charge in [-0.2, -0.15) is 0 Å². The molecule has 0 aromatic heterocycles. The van der Waals surface area contributed by atoms with Crippen molar-refractivity contribution in [1.82, 2.24) is 5.32 Å². The molecule has 0 heterocycles. The van der Waals surface area contributed by atoms with Gasteiger partial charge in [-0.15, -0.1) is 0 Å². The van der Waals surface area contributed by atoms with Crippen molar-refractivity contribution in [3.8, 4) is 0 Å². The third kappa shape index (κ3) is 6.30. The summed E-state index contributed by atoms with van der Waals surface area (Å²) in [4.78, 5) is 11.8. The van der Waals surface area contributed by atoms with E-state index in [-0.39, 0.29) is 11.5 Å². The molecule has 1 N–H and O–H groups in total. The second-order valence-corrected chi connectivity index (χ2v) is 5.54. The van der Waals surface area contributed by atoms with Crippen LogP contribution in [0.25, 0.3) is 6.08 Å². The van der Waals surface area contributed by atoms with E-state index in [1.165, 1.54) is 30.7 Å². The van der Waals surface area contributed by atoms with E-state index in [1.54, 1.807) is 6.07 Å². The van der Waals surface area contributed by atoms with Crippen LogP contribution in [0.3, 0.4) is 0 Å². The summed E-state index contributed by atoms with van der Waals surface area (Å²) in [6, 6.07) is 4.45. The molecular weight excluding hydrogens is 289 g/mol. The Bertz CT molecular complexity index is 467. The second kappa shape index (κ2) is 9.56. The number of hydrogen-bond acceptors (Lipinski definition) is 1. The molecule has 1 aromatic rings. The zero-order valence-electron chi connectivity index (χ0n) is 12.7. The lowest BCUT2D eigenvalue weighted by atomic mass is 9.99. The van der Waals surface area contributed by atoms with Crippen LogP contribution in [0.15, 0.2) is 24.3 Å². The lowest BCUT2D eigenvalue weighted by Crippen LogP contribution is -2.27. The lowest BCUT2D eigenvalue weighted by molar-refractivity contribution is -0.116. The molecule has 0 aliphatic heterocycles. The summed E-state index contributed by atoms with van der Waals surface area (Å²) >= 11 is 5.90.